The van der Waals surface area contributed by atoms with Crippen molar-refractivity contribution in [3.05, 3.63) is 0 Å². The summed E-state index contributed by atoms with van der Waals surface area (Å²) in [5.41, 5.74) is 0. The van der Waals surface area contributed by atoms with E-state index in [9.17, 15) is 9.59 Å². The number of carbonyl (C=O) groups excluding carboxylic acids is 1. The maximum atomic E-state index is 10.8. The largest absolute Gasteiger partial charge is 0.480 e. The Kier molecular flexibility index (Phi) is 4.28. The fourth-order valence-electron chi connectivity index (χ4n) is 0.630. The Hall–Kier alpha value is -1.10. The maximum Gasteiger partial charge on any atom is 0.325 e. The number of carbonyl (C=O) groups is 2. The van der Waals surface area contributed by atoms with E-state index in [1.54, 1.807) is 0 Å². The molecule has 2 unspecified atom stereocenters. The van der Waals surface area contributed by atoms with Crippen LogP contribution in [0.25, 0.3) is 0 Å². The second kappa shape index (κ2) is 4.71. The van der Waals surface area contributed by atoms with E-state index in [4.69, 9.17) is 10.2 Å². The monoisotopic (exact) mass is 175 g/mol. The molecule has 0 spiro atoms. The number of rotatable bonds is 4. The van der Waals surface area contributed by atoms with E-state index in [1.165, 1.54) is 13.8 Å². The maximum absolute atomic E-state index is 10.8. The minimum atomic E-state index is -1.09. The first-order chi connectivity index (χ1) is 5.43. The van der Waals surface area contributed by atoms with Crippen LogP contribution in [0.5, 0.6) is 0 Å². The summed E-state index contributed by atoms with van der Waals surface area (Å²) >= 11 is 0. The van der Waals surface area contributed by atoms with Crippen LogP contribution in [0.1, 0.15) is 20.3 Å². The molecule has 0 fully saturated rings. The Morgan fingerprint density at radius 1 is 1.42 bits per heavy atom. The molecule has 1 amide bonds. The molecule has 2 atom stereocenters. The zero-order chi connectivity index (χ0) is 9.72. The lowest BCUT2D eigenvalue weighted by molar-refractivity contribution is -0.141. The molecule has 5 heteroatoms. The highest BCUT2D eigenvalue weighted by atomic mass is 16.4. The summed E-state index contributed by atoms with van der Waals surface area (Å²) in [7, 11) is 0. The van der Waals surface area contributed by atoms with Gasteiger partial charge in [-0.25, -0.2) is 0 Å². The smallest absolute Gasteiger partial charge is 0.325 e. The summed E-state index contributed by atoms with van der Waals surface area (Å²) in [4.78, 5) is 21.1. The second-order valence-electron chi connectivity index (χ2n) is 2.68. The van der Waals surface area contributed by atoms with Crippen molar-refractivity contribution in [2.45, 2.75) is 32.4 Å². The Labute approximate surface area is 70.4 Å². The van der Waals surface area contributed by atoms with Crippen molar-refractivity contribution in [2.75, 3.05) is 0 Å². The highest BCUT2D eigenvalue weighted by molar-refractivity contribution is 5.83. The Balaban J connectivity index is 3.77. The first-order valence-electron chi connectivity index (χ1n) is 3.63. The van der Waals surface area contributed by atoms with Crippen LogP contribution in [-0.4, -0.2) is 34.2 Å². The van der Waals surface area contributed by atoms with E-state index in [1.807, 2.05) is 0 Å². The number of carboxylic acids is 1. The van der Waals surface area contributed by atoms with Crippen LogP contribution in [0.15, 0.2) is 0 Å². The van der Waals surface area contributed by atoms with Gasteiger partial charge in [-0.05, 0) is 13.8 Å². The molecule has 0 heterocycles. The number of carboxylic acid groups (broad SMARTS) is 1. The summed E-state index contributed by atoms with van der Waals surface area (Å²) < 4.78 is 0. The second-order valence-corrected chi connectivity index (χ2v) is 2.68. The van der Waals surface area contributed by atoms with Gasteiger partial charge in [-0.3, -0.25) is 9.59 Å². The van der Waals surface area contributed by atoms with Crippen molar-refractivity contribution in [3.63, 3.8) is 0 Å². The van der Waals surface area contributed by atoms with Crippen molar-refractivity contribution < 1.29 is 19.8 Å². The van der Waals surface area contributed by atoms with Crippen LogP contribution < -0.4 is 5.32 Å². The van der Waals surface area contributed by atoms with Gasteiger partial charge in [0.05, 0.1) is 12.5 Å². The summed E-state index contributed by atoms with van der Waals surface area (Å²) in [6, 6.07) is -0.906. The van der Waals surface area contributed by atoms with Crippen LogP contribution in [-0.2, 0) is 9.59 Å². The van der Waals surface area contributed by atoms with Gasteiger partial charge in [0.2, 0.25) is 5.91 Å². The van der Waals surface area contributed by atoms with Crippen LogP contribution >= 0.6 is 0 Å². The van der Waals surface area contributed by atoms with Crippen LogP contribution in [0.3, 0.4) is 0 Å². The third-order valence-corrected chi connectivity index (χ3v) is 1.23. The minimum Gasteiger partial charge on any atom is -0.480 e. The van der Waals surface area contributed by atoms with E-state index in [0.717, 1.165) is 0 Å². The molecule has 0 aromatic heterocycles. The molecular weight excluding hydrogens is 162 g/mol. The average molecular weight is 175 g/mol. The molecule has 0 aliphatic heterocycles. The molecule has 0 bridgehead atoms. The molecule has 12 heavy (non-hydrogen) atoms. The van der Waals surface area contributed by atoms with Crippen molar-refractivity contribution in [1.82, 2.24) is 5.32 Å². The number of aliphatic hydroxyl groups excluding tert-OH is 1. The molecule has 70 valence electrons. The van der Waals surface area contributed by atoms with E-state index < -0.39 is 24.0 Å². The van der Waals surface area contributed by atoms with E-state index in [-0.39, 0.29) is 6.42 Å². The highest BCUT2D eigenvalue weighted by Crippen LogP contribution is 1.90. The normalized spacial score (nSPS) is 14.9. The van der Waals surface area contributed by atoms with E-state index in [0.29, 0.717) is 0 Å². The van der Waals surface area contributed by atoms with Crippen molar-refractivity contribution >= 4 is 11.9 Å². The number of hydrogen-bond donors (Lipinski definition) is 3. The molecular formula is C7H13NO4. The third-order valence-electron chi connectivity index (χ3n) is 1.23. The molecule has 0 saturated carbocycles. The highest BCUT2D eigenvalue weighted by Gasteiger charge is 2.14. The van der Waals surface area contributed by atoms with Crippen LogP contribution in [0.2, 0.25) is 0 Å². The zero-order valence-corrected chi connectivity index (χ0v) is 7.07. The fourth-order valence-corrected chi connectivity index (χ4v) is 0.630. The first-order valence-corrected chi connectivity index (χ1v) is 3.63. The molecule has 0 radical (unpaired) electrons. The van der Waals surface area contributed by atoms with Crippen LogP contribution in [0.4, 0.5) is 0 Å². The number of aliphatic carboxylic acids is 1. The van der Waals surface area contributed by atoms with Gasteiger partial charge in [0.15, 0.2) is 0 Å². The van der Waals surface area contributed by atoms with Gasteiger partial charge >= 0.3 is 5.97 Å². The predicted molar refractivity (Wildman–Crippen MR) is 41.5 cm³/mol. The van der Waals surface area contributed by atoms with Crippen molar-refractivity contribution in [1.29, 1.82) is 0 Å². The quantitative estimate of drug-likeness (QED) is 0.529. The molecule has 0 aromatic carbocycles. The summed E-state index contributed by atoms with van der Waals surface area (Å²) in [6.45, 7) is 2.83. The molecule has 0 rings (SSSR count). The van der Waals surface area contributed by atoms with E-state index in [2.05, 4.69) is 5.32 Å². The molecule has 5 nitrogen and oxygen atoms in total. The summed E-state index contributed by atoms with van der Waals surface area (Å²) in [5, 5.41) is 19.4. The molecule has 0 aromatic rings. The van der Waals surface area contributed by atoms with Gasteiger partial charge in [-0.2, -0.15) is 0 Å². The lowest BCUT2D eigenvalue weighted by Gasteiger charge is -2.09. The minimum absolute atomic E-state index is 0.0718. The summed E-state index contributed by atoms with van der Waals surface area (Å²) in [5.74, 6) is -1.55. The Bertz CT molecular complexity index is 178. The lowest BCUT2D eigenvalue weighted by Crippen LogP contribution is -2.39. The Morgan fingerprint density at radius 2 is 1.92 bits per heavy atom. The SMILES string of the molecule is CC(O)CC(=O)NC(C)C(=O)O. The van der Waals surface area contributed by atoms with Gasteiger partial charge in [0, 0.05) is 0 Å². The standard InChI is InChI=1S/C7H13NO4/c1-4(9)3-6(10)8-5(2)7(11)12/h4-5,9H,3H2,1-2H3,(H,8,10)(H,11,12). The van der Waals surface area contributed by atoms with Crippen molar-refractivity contribution in [2.24, 2.45) is 0 Å². The predicted octanol–water partition coefficient (Wildman–Crippen LogP) is -0.653. The average Bonchev–Trinajstić information content (AvgIpc) is 1.84. The molecule has 0 aliphatic rings. The lowest BCUT2D eigenvalue weighted by atomic mass is 10.2. The topological polar surface area (TPSA) is 86.6 Å². The summed E-state index contributed by atoms with van der Waals surface area (Å²) in [6.07, 6.45) is -0.816. The van der Waals surface area contributed by atoms with Crippen molar-refractivity contribution in [3.8, 4) is 0 Å². The fraction of sp³-hybridized carbons (Fsp3) is 0.714. The Morgan fingerprint density at radius 3 is 2.25 bits per heavy atom. The molecule has 3 N–H and O–H groups in total. The number of aliphatic hydroxyl groups is 1. The van der Waals surface area contributed by atoms with Gasteiger partial charge in [0.25, 0.3) is 0 Å². The number of hydrogen-bond acceptors (Lipinski definition) is 3. The molecule has 0 aliphatic carbocycles. The van der Waals surface area contributed by atoms with Gasteiger partial charge in [-0.1, -0.05) is 0 Å². The molecule has 0 saturated heterocycles. The number of amides is 1. The zero-order valence-electron chi connectivity index (χ0n) is 7.07. The first kappa shape index (κ1) is 10.9. The van der Waals surface area contributed by atoms with Gasteiger partial charge in [-0.15, -0.1) is 0 Å². The van der Waals surface area contributed by atoms with Crippen LogP contribution in [0, 0.1) is 0 Å². The third kappa shape index (κ3) is 4.68. The van der Waals surface area contributed by atoms with Gasteiger partial charge < -0.3 is 15.5 Å². The number of nitrogens with one attached hydrogen (secondary N) is 1. The van der Waals surface area contributed by atoms with E-state index >= 15 is 0 Å². The van der Waals surface area contributed by atoms with Gasteiger partial charge in [0.1, 0.15) is 6.04 Å².